The van der Waals surface area contributed by atoms with Gasteiger partial charge in [-0.25, -0.2) is 8.78 Å². The van der Waals surface area contributed by atoms with E-state index in [-0.39, 0.29) is 11.3 Å². The molecule has 0 saturated carbocycles. The van der Waals surface area contributed by atoms with E-state index in [2.05, 4.69) is 44.2 Å². The normalized spacial score (nSPS) is 11.1. The number of aryl methyl sites for hydroxylation is 2. The van der Waals surface area contributed by atoms with Crippen molar-refractivity contribution in [2.75, 3.05) is 0 Å². The van der Waals surface area contributed by atoms with Crippen molar-refractivity contribution in [3.05, 3.63) is 76.4 Å². The first kappa shape index (κ1) is 19.8. The minimum absolute atomic E-state index is 0.125. The molecule has 2 aromatic carbocycles. The minimum Gasteiger partial charge on any atom is -0.295 e. The summed E-state index contributed by atoms with van der Waals surface area (Å²) in [5.41, 5.74) is 4.18. The van der Waals surface area contributed by atoms with E-state index >= 15 is 0 Å². The number of halogens is 2. The van der Waals surface area contributed by atoms with Crippen LogP contribution in [0, 0.1) is 13.8 Å². The van der Waals surface area contributed by atoms with Crippen molar-refractivity contribution in [1.29, 1.82) is 0 Å². The van der Waals surface area contributed by atoms with Crippen LogP contribution in [0.2, 0.25) is 0 Å². The quantitative estimate of drug-likeness (QED) is 0.600. The zero-order chi connectivity index (χ0) is 18.3. The van der Waals surface area contributed by atoms with Gasteiger partial charge in [0.2, 0.25) is 0 Å². The van der Waals surface area contributed by atoms with Crippen molar-refractivity contribution in [2.45, 2.75) is 40.5 Å². The number of carbonyl (C=O) groups is 1. The van der Waals surface area contributed by atoms with Gasteiger partial charge in [-0.1, -0.05) is 54.1 Å². The summed E-state index contributed by atoms with van der Waals surface area (Å²) in [6.45, 7) is 8.46. The highest BCUT2D eigenvalue weighted by Gasteiger charge is 2.24. The highest BCUT2D eigenvalue weighted by atomic mass is 19.3. The molecule has 0 atom stereocenters. The average molecular weight is 330 g/mol. The molecule has 0 fully saturated rings. The maximum atomic E-state index is 12.8. The SMILES string of the molecule is C/C=C/c1cc(C)ccc1C.CC(=O)c1cccc(C(C)(F)F)c1. The Morgan fingerprint density at radius 3 is 2.29 bits per heavy atom. The molecular weight excluding hydrogens is 306 g/mol. The topological polar surface area (TPSA) is 17.1 Å². The number of carbonyl (C=O) groups excluding carboxylic acids is 1. The van der Waals surface area contributed by atoms with Gasteiger partial charge in [-0.2, -0.15) is 0 Å². The van der Waals surface area contributed by atoms with Gasteiger partial charge in [0.25, 0.3) is 5.92 Å². The largest absolute Gasteiger partial charge is 0.295 e. The van der Waals surface area contributed by atoms with Crippen LogP contribution in [-0.2, 0) is 5.92 Å². The molecule has 0 spiro atoms. The molecule has 0 aliphatic heterocycles. The molecular formula is C21H24F2O. The maximum Gasteiger partial charge on any atom is 0.270 e. The lowest BCUT2D eigenvalue weighted by molar-refractivity contribution is 0.0174. The van der Waals surface area contributed by atoms with Crippen molar-refractivity contribution < 1.29 is 13.6 Å². The fourth-order valence-corrected chi connectivity index (χ4v) is 2.13. The number of allylic oxidation sites excluding steroid dienone is 1. The van der Waals surface area contributed by atoms with Gasteiger partial charge in [-0.3, -0.25) is 4.79 Å². The average Bonchev–Trinajstić information content (AvgIpc) is 2.51. The molecule has 0 unspecified atom stereocenters. The highest BCUT2D eigenvalue weighted by Crippen LogP contribution is 2.27. The first-order chi connectivity index (χ1) is 11.1. The van der Waals surface area contributed by atoms with Crippen LogP contribution in [0.25, 0.3) is 6.08 Å². The summed E-state index contributed by atoms with van der Waals surface area (Å²) in [4.78, 5) is 10.9. The van der Waals surface area contributed by atoms with Crippen LogP contribution < -0.4 is 0 Å². The molecule has 0 heterocycles. The third kappa shape index (κ3) is 6.07. The van der Waals surface area contributed by atoms with E-state index in [1.54, 1.807) is 0 Å². The van der Waals surface area contributed by atoms with Gasteiger partial charge in [0.1, 0.15) is 0 Å². The molecule has 0 radical (unpaired) electrons. The summed E-state index contributed by atoms with van der Waals surface area (Å²) in [5, 5.41) is 0. The van der Waals surface area contributed by atoms with Crippen LogP contribution in [0.4, 0.5) is 8.78 Å². The zero-order valence-corrected chi connectivity index (χ0v) is 14.9. The fraction of sp³-hybridized carbons (Fsp3) is 0.286. The molecule has 0 bridgehead atoms. The number of rotatable bonds is 3. The van der Waals surface area contributed by atoms with E-state index < -0.39 is 5.92 Å². The Hall–Kier alpha value is -2.29. The third-order valence-corrected chi connectivity index (χ3v) is 3.56. The molecule has 0 amide bonds. The molecule has 2 rings (SSSR count). The van der Waals surface area contributed by atoms with E-state index in [9.17, 15) is 13.6 Å². The standard InChI is InChI=1S/C11H14.C10H10F2O/c1-4-5-11-8-9(2)6-7-10(11)3;1-7(13)8-4-3-5-9(6-8)10(2,11)12/h4-8H,1-3H3;3-6H,1-2H3/b5-4+;. The Morgan fingerprint density at radius 2 is 1.75 bits per heavy atom. The number of hydrogen-bond donors (Lipinski definition) is 0. The van der Waals surface area contributed by atoms with Gasteiger partial charge in [0, 0.05) is 18.1 Å². The van der Waals surface area contributed by atoms with Gasteiger partial charge >= 0.3 is 0 Å². The predicted octanol–water partition coefficient (Wildman–Crippen LogP) is 6.34. The van der Waals surface area contributed by atoms with Crippen molar-refractivity contribution in [1.82, 2.24) is 0 Å². The summed E-state index contributed by atoms with van der Waals surface area (Å²) in [7, 11) is 0. The Kier molecular flexibility index (Phi) is 7.02. The summed E-state index contributed by atoms with van der Waals surface area (Å²) < 4.78 is 25.6. The van der Waals surface area contributed by atoms with Crippen LogP contribution in [-0.4, -0.2) is 5.78 Å². The zero-order valence-electron chi connectivity index (χ0n) is 14.9. The Bertz CT molecular complexity index is 725. The van der Waals surface area contributed by atoms with Gasteiger partial charge < -0.3 is 0 Å². The van der Waals surface area contributed by atoms with Crippen LogP contribution in [0.5, 0.6) is 0 Å². The lowest BCUT2D eigenvalue weighted by atomic mass is 10.0. The molecule has 0 N–H and O–H groups in total. The molecule has 0 aliphatic carbocycles. The second kappa shape index (κ2) is 8.53. The smallest absolute Gasteiger partial charge is 0.270 e. The third-order valence-electron chi connectivity index (χ3n) is 3.56. The summed E-state index contributed by atoms with van der Waals surface area (Å²) in [5.74, 6) is -3.09. The van der Waals surface area contributed by atoms with Gasteiger partial charge in [-0.05, 0) is 44.9 Å². The van der Waals surface area contributed by atoms with Gasteiger partial charge in [0.15, 0.2) is 5.78 Å². The number of Topliss-reactive ketones (excluding diaryl/α,β-unsaturated/α-hetero) is 1. The van der Waals surface area contributed by atoms with Gasteiger partial charge in [-0.15, -0.1) is 0 Å². The van der Waals surface area contributed by atoms with Crippen molar-refractivity contribution in [3.8, 4) is 0 Å². The molecule has 24 heavy (non-hydrogen) atoms. The maximum absolute atomic E-state index is 12.8. The molecule has 3 heteroatoms. The minimum atomic E-state index is -2.88. The number of alkyl halides is 2. The van der Waals surface area contributed by atoms with Crippen LogP contribution in [0.3, 0.4) is 0 Å². The van der Waals surface area contributed by atoms with Gasteiger partial charge in [0.05, 0.1) is 0 Å². The molecule has 1 nitrogen and oxygen atoms in total. The molecule has 128 valence electrons. The first-order valence-corrected chi connectivity index (χ1v) is 7.84. The Balaban J connectivity index is 0.000000243. The predicted molar refractivity (Wildman–Crippen MR) is 96.6 cm³/mol. The Morgan fingerprint density at radius 1 is 1.08 bits per heavy atom. The summed E-state index contributed by atoms with van der Waals surface area (Å²) >= 11 is 0. The fourth-order valence-electron chi connectivity index (χ4n) is 2.13. The van der Waals surface area contributed by atoms with E-state index in [1.165, 1.54) is 47.9 Å². The first-order valence-electron chi connectivity index (χ1n) is 7.84. The van der Waals surface area contributed by atoms with Crippen molar-refractivity contribution in [2.24, 2.45) is 0 Å². The van der Waals surface area contributed by atoms with E-state index in [4.69, 9.17) is 0 Å². The molecule has 0 aliphatic rings. The molecule has 0 aromatic heterocycles. The second-order valence-corrected chi connectivity index (χ2v) is 5.89. The van der Waals surface area contributed by atoms with Crippen LogP contribution in [0.15, 0.2) is 48.5 Å². The van der Waals surface area contributed by atoms with Crippen molar-refractivity contribution in [3.63, 3.8) is 0 Å². The lowest BCUT2D eigenvalue weighted by Crippen LogP contribution is -2.07. The molecule has 2 aromatic rings. The van der Waals surface area contributed by atoms with E-state index in [1.807, 2.05) is 6.92 Å². The summed E-state index contributed by atoms with van der Waals surface area (Å²) in [6.07, 6.45) is 4.21. The molecule has 0 saturated heterocycles. The monoisotopic (exact) mass is 330 g/mol. The number of benzene rings is 2. The van der Waals surface area contributed by atoms with Crippen LogP contribution >= 0.6 is 0 Å². The van der Waals surface area contributed by atoms with E-state index in [0.717, 1.165) is 6.92 Å². The second-order valence-electron chi connectivity index (χ2n) is 5.89. The van der Waals surface area contributed by atoms with Crippen LogP contribution in [0.1, 0.15) is 53.4 Å². The van der Waals surface area contributed by atoms with Crippen molar-refractivity contribution >= 4 is 11.9 Å². The highest BCUT2D eigenvalue weighted by molar-refractivity contribution is 5.94. The Labute approximate surface area is 143 Å². The summed E-state index contributed by atoms with van der Waals surface area (Å²) in [6, 6.07) is 12.0. The van der Waals surface area contributed by atoms with E-state index in [0.29, 0.717) is 5.56 Å². The number of hydrogen-bond acceptors (Lipinski definition) is 1. The number of ketones is 1. The lowest BCUT2D eigenvalue weighted by Gasteiger charge is -2.10.